The molecule has 8 heteroatoms. The molecular formula is C29H25NO6S. The van der Waals surface area contributed by atoms with Gasteiger partial charge in [0.05, 0.1) is 30.2 Å². The summed E-state index contributed by atoms with van der Waals surface area (Å²) in [6.07, 6.45) is -0.287. The van der Waals surface area contributed by atoms with Gasteiger partial charge in [-0.1, -0.05) is 48.5 Å². The van der Waals surface area contributed by atoms with Gasteiger partial charge in [-0.15, -0.1) is 0 Å². The van der Waals surface area contributed by atoms with Crippen LogP contribution in [0.4, 0.5) is 5.69 Å². The second-order valence-electron chi connectivity index (χ2n) is 8.95. The Hall–Kier alpha value is -4.17. The van der Waals surface area contributed by atoms with Gasteiger partial charge in [-0.3, -0.25) is 4.72 Å². The minimum Gasteiger partial charge on any atom is -0.497 e. The third-order valence-corrected chi connectivity index (χ3v) is 7.98. The molecule has 0 bridgehead atoms. The zero-order valence-corrected chi connectivity index (χ0v) is 20.9. The number of rotatable bonds is 7. The highest BCUT2D eigenvalue weighted by molar-refractivity contribution is 7.92. The van der Waals surface area contributed by atoms with Gasteiger partial charge in [-0.2, -0.15) is 0 Å². The van der Waals surface area contributed by atoms with Crippen LogP contribution in [0.15, 0.2) is 95.9 Å². The Morgan fingerprint density at radius 1 is 0.919 bits per heavy atom. The van der Waals surface area contributed by atoms with Crippen molar-refractivity contribution in [1.82, 2.24) is 0 Å². The van der Waals surface area contributed by atoms with Gasteiger partial charge < -0.3 is 18.9 Å². The van der Waals surface area contributed by atoms with Crippen molar-refractivity contribution in [2.24, 2.45) is 0 Å². The van der Waals surface area contributed by atoms with Crippen LogP contribution in [0.5, 0.6) is 23.0 Å². The molecule has 7 nitrogen and oxygen atoms in total. The zero-order valence-electron chi connectivity index (χ0n) is 20.1. The number of benzene rings is 4. The Morgan fingerprint density at radius 2 is 1.68 bits per heavy atom. The summed E-state index contributed by atoms with van der Waals surface area (Å²) in [5, 5.41) is 0. The summed E-state index contributed by atoms with van der Waals surface area (Å²) in [5.74, 6) is 2.36. The van der Waals surface area contributed by atoms with Gasteiger partial charge in [0.2, 0.25) is 0 Å². The lowest BCUT2D eigenvalue weighted by Crippen LogP contribution is -2.23. The molecule has 0 saturated carbocycles. The molecule has 4 aromatic rings. The van der Waals surface area contributed by atoms with Gasteiger partial charge in [0.25, 0.3) is 10.0 Å². The van der Waals surface area contributed by atoms with E-state index in [0.29, 0.717) is 41.9 Å². The lowest BCUT2D eigenvalue weighted by molar-refractivity contribution is 0.135. The summed E-state index contributed by atoms with van der Waals surface area (Å²) in [6.45, 7) is 0.690. The van der Waals surface area contributed by atoms with Crippen molar-refractivity contribution in [3.8, 4) is 23.0 Å². The van der Waals surface area contributed by atoms with Gasteiger partial charge in [-0.25, -0.2) is 8.42 Å². The molecule has 2 aliphatic heterocycles. The van der Waals surface area contributed by atoms with Crippen molar-refractivity contribution >= 4 is 15.7 Å². The van der Waals surface area contributed by atoms with Gasteiger partial charge >= 0.3 is 0 Å². The standard InChI is InChI=1S/C29H25NO6S/c1-33-21-12-13-23-26(16-21)35-18-25-24-14-20(30-37(31,32)22-10-6-3-7-11-22)15-27(29(24)36-28(23)25)34-17-19-8-4-2-5-9-19/h2-16,25,28,30H,17-18H2,1H3/t25-,28-/m1/s1. The quantitative estimate of drug-likeness (QED) is 0.341. The van der Waals surface area contributed by atoms with E-state index in [4.69, 9.17) is 18.9 Å². The van der Waals surface area contributed by atoms with Crippen LogP contribution in [0.25, 0.3) is 0 Å². The molecule has 6 rings (SSSR count). The molecule has 0 saturated heterocycles. The van der Waals surface area contributed by atoms with Crippen molar-refractivity contribution < 1.29 is 27.4 Å². The van der Waals surface area contributed by atoms with E-state index in [1.165, 1.54) is 0 Å². The second kappa shape index (κ2) is 9.37. The topological polar surface area (TPSA) is 83.1 Å². The normalized spacial score (nSPS) is 17.4. The van der Waals surface area contributed by atoms with Crippen LogP contribution >= 0.6 is 0 Å². The lowest BCUT2D eigenvalue weighted by Gasteiger charge is -2.28. The number of fused-ring (bicyclic) bond motifs is 5. The molecule has 4 aromatic carbocycles. The molecule has 2 atom stereocenters. The van der Waals surface area contributed by atoms with E-state index in [0.717, 1.165) is 16.7 Å². The highest BCUT2D eigenvalue weighted by atomic mass is 32.2. The van der Waals surface area contributed by atoms with E-state index in [9.17, 15) is 8.42 Å². The first-order valence-corrected chi connectivity index (χ1v) is 13.4. The smallest absolute Gasteiger partial charge is 0.261 e. The van der Waals surface area contributed by atoms with E-state index < -0.39 is 10.0 Å². The fraction of sp³-hybridized carbons (Fsp3) is 0.172. The van der Waals surface area contributed by atoms with Gasteiger partial charge in [0, 0.05) is 23.3 Å². The molecule has 37 heavy (non-hydrogen) atoms. The van der Waals surface area contributed by atoms with Crippen LogP contribution in [0, 0.1) is 0 Å². The van der Waals surface area contributed by atoms with Crippen LogP contribution in [0.2, 0.25) is 0 Å². The van der Waals surface area contributed by atoms with Gasteiger partial charge in [-0.05, 0) is 35.9 Å². The molecule has 2 aliphatic rings. The van der Waals surface area contributed by atoms with Crippen LogP contribution in [-0.2, 0) is 16.6 Å². The maximum absolute atomic E-state index is 13.1. The number of methoxy groups -OCH3 is 1. The largest absolute Gasteiger partial charge is 0.497 e. The number of anilines is 1. The Bertz CT molecular complexity index is 1540. The average Bonchev–Trinajstić information content (AvgIpc) is 3.31. The Balaban J connectivity index is 1.38. The van der Waals surface area contributed by atoms with E-state index in [-0.39, 0.29) is 16.9 Å². The monoisotopic (exact) mass is 515 g/mol. The van der Waals surface area contributed by atoms with Crippen molar-refractivity contribution in [2.75, 3.05) is 18.4 Å². The minimum atomic E-state index is -3.79. The molecule has 0 amide bonds. The Labute approximate surface area is 215 Å². The van der Waals surface area contributed by atoms with E-state index >= 15 is 0 Å². The lowest BCUT2D eigenvalue weighted by atomic mass is 9.89. The van der Waals surface area contributed by atoms with Crippen LogP contribution in [-0.4, -0.2) is 22.1 Å². The van der Waals surface area contributed by atoms with Crippen LogP contribution in [0.3, 0.4) is 0 Å². The van der Waals surface area contributed by atoms with E-state index in [1.54, 1.807) is 43.5 Å². The molecule has 0 aliphatic carbocycles. The molecule has 2 heterocycles. The van der Waals surface area contributed by atoms with Crippen molar-refractivity contribution in [1.29, 1.82) is 0 Å². The molecule has 0 unspecified atom stereocenters. The molecule has 188 valence electrons. The zero-order chi connectivity index (χ0) is 25.4. The third kappa shape index (κ3) is 4.44. The summed E-state index contributed by atoms with van der Waals surface area (Å²) in [5.41, 5.74) is 3.13. The number of hydrogen-bond acceptors (Lipinski definition) is 6. The fourth-order valence-electron chi connectivity index (χ4n) is 4.75. The van der Waals surface area contributed by atoms with Crippen molar-refractivity contribution in [3.05, 3.63) is 108 Å². The first-order valence-electron chi connectivity index (χ1n) is 11.9. The molecule has 0 aromatic heterocycles. The van der Waals surface area contributed by atoms with Gasteiger partial charge in [0.15, 0.2) is 11.5 Å². The third-order valence-electron chi connectivity index (χ3n) is 6.58. The number of hydrogen-bond donors (Lipinski definition) is 1. The van der Waals surface area contributed by atoms with E-state index in [1.807, 2.05) is 54.6 Å². The molecule has 0 spiro atoms. The Kier molecular flexibility index (Phi) is 5.88. The summed E-state index contributed by atoms with van der Waals surface area (Å²) in [7, 11) is -2.18. The highest BCUT2D eigenvalue weighted by Crippen LogP contribution is 2.55. The second-order valence-corrected chi connectivity index (χ2v) is 10.6. The predicted octanol–water partition coefficient (Wildman–Crippen LogP) is 5.68. The molecule has 0 radical (unpaired) electrons. The summed E-state index contributed by atoms with van der Waals surface area (Å²) in [4.78, 5) is 0.181. The van der Waals surface area contributed by atoms with Crippen LogP contribution in [0.1, 0.15) is 28.7 Å². The Morgan fingerprint density at radius 3 is 2.43 bits per heavy atom. The SMILES string of the molecule is COc1ccc2c(c1)OC[C@@H]1c3cc(NS(=O)(=O)c4ccccc4)cc(OCc4ccccc4)c3O[C@H]21. The minimum absolute atomic E-state index is 0.129. The maximum Gasteiger partial charge on any atom is 0.261 e. The fourth-order valence-corrected chi connectivity index (χ4v) is 5.81. The maximum atomic E-state index is 13.1. The summed E-state index contributed by atoms with van der Waals surface area (Å²) >= 11 is 0. The molecule has 0 fully saturated rings. The van der Waals surface area contributed by atoms with E-state index in [2.05, 4.69) is 4.72 Å². The van der Waals surface area contributed by atoms with Gasteiger partial charge in [0.1, 0.15) is 24.2 Å². The van der Waals surface area contributed by atoms with Crippen LogP contribution < -0.4 is 23.7 Å². The highest BCUT2D eigenvalue weighted by Gasteiger charge is 2.43. The molecular weight excluding hydrogens is 490 g/mol. The molecule has 1 N–H and O–H groups in total. The average molecular weight is 516 g/mol. The first-order chi connectivity index (χ1) is 18.0. The number of ether oxygens (including phenoxy) is 4. The summed E-state index contributed by atoms with van der Waals surface area (Å²) < 4.78 is 53.0. The van der Waals surface area contributed by atoms with Crippen molar-refractivity contribution in [2.45, 2.75) is 23.5 Å². The first kappa shape index (κ1) is 23.2. The van der Waals surface area contributed by atoms with Crippen molar-refractivity contribution in [3.63, 3.8) is 0 Å². The number of nitrogens with one attached hydrogen (secondary N) is 1. The number of sulfonamides is 1. The summed E-state index contributed by atoms with van der Waals surface area (Å²) in [6, 6.07) is 27.2. The predicted molar refractivity (Wildman–Crippen MR) is 139 cm³/mol.